The molecule has 140 valence electrons. The number of fused-ring (bicyclic) bond motifs is 1. The van der Waals surface area contributed by atoms with E-state index in [0.29, 0.717) is 11.4 Å². The number of anilines is 2. The van der Waals surface area contributed by atoms with Gasteiger partial charge in [-0.2, -0.15) is 5.10 Å². The molecule has 2 heterocycles. The van der Waals surface area contributed by atoms with Crippen molar-refractivity contribution in [1.82, 2.24) is 25.1 Å². The first kappa shape index (κ1) is 17.7. The van der Waals surface area contributed by atoms with Crippen LogP contribution in [-0.2, 0) is 0 Å². The minimum atomic E-state index is -0.135. The minimum Gasteiger partial charge on any atom is -0.355 e. The molecule has 0 bridgehead atoms. The molecule has 0 aliphatic rings. The zero-order valence-electron chi connectivity index (χ0n) is 15.9. The highest BCUT2D eigenvalue weighted by atomic mass is 16.1. The van der Waals surface area contributed by atoms with Crippen LogP contribution in [0, 0.1) is 13.8 Å². The van der Waals surface area contributed by atoms with Crippen LogP contribution in [-0.4, -0.2) is 32.7 Å². The maximum absolute atomic E-state index is 12.0. The number of para-hydroxylation sites is 1. The van der Waals surface area contributed by atoms with Crippen molar-refractivity contribution in [3.63, 3.8) is 0 Å². The van der Waals surface area contributed by atoms with Gasteiger partial charge in [0, 0.05) is 18.3 Å². The normalized spacial score (nSPS) is 10.8. The molecule has 2 aromatic heterocycles. The standard InChI is InChI=1S/C21H20N6O/c1-13-9-10-15(21(28)22-3)11-17(13)25-19-18-14(2)26-27(20(18)24-12-23-19)16-7-5-4-6-8-16/h4-12H,1-3H3,(H,22,28)(H,23,24,25). The average Bonchev–Trinajstić information content (AvgIpc) is 3.07. The summed E-state index contributed by atoms with van der Waals surface area (Å²) >= 11 is 0. The highest BCUT2D eigenvalue weighted by molar-refractivity contribution is 5.96. The maximum atomic E-state index is 12.0. The largest absolute Gasteiger partial charge is 0.355 e. The molecule has 0 aliphatic carbocycles. The van der Waals surface area contributed by atoms with Crippen molar-refractivity contribution in [2.24, 2.45) is 0 Å². The molecule has 7 heteroatoms. The SMILES string of the molecule is CNC(=O)c1ccc(C)c(Nc2ncnc3c2c(C)nn3-c2ccccc2)c1. The second-order valence-corrected chi connectivity index (χ2v) is 6.49. The number of nitrogens with zero attached hydrogens (tertiary/aromatic N) is 4. The van der Waals surface area contributed by atoms with E-state index in [1.54, 1.807) is 13.1 Å². The molecular weight excluding hydrogens is 352 g/mol. The molecule has 4 rings (SSSR count). The molecule has 0 radical (unpaired) electrons. The molecule has 2 N–H and O–H groups in total. The summed E-state index contributed by atoms with van der Waals surface area (Å²) in [4.78, 5) is 20.9. The van der Waals surface area contributed by atoms with Gasteiger partial charge in [-0.05, 0) is 43.7 Å². The van der Waals surface area contributed by atoms with Crippen LogP contribution in [0.25, 0.3) is 16.7 Å². The van der Waals surface area contributed by atoms with E-state index >= 15 is 0 Å². The molecule has 2 aromatic carbocycles. The Bertz CT molecular complexity index is 1170. The third-order valence-electron chi connectivity index (χ3n) is 4.62. The molecule has 28 heavy (non-hydrogen) atoms. The fraction of sp³-hybridized carbons (Fsp3) is 0.143. The lowest BCUT2D eigenvalue weighted by Gasteiger charge is -2.11. The average molecular weight is 372 g/mol. The van der Waals surface area contributed by atoms with Crippen molar-refractivity contribution in [3.8, 4) is 5.69 Å². The molecule has 0 saturated heterocycles. The van der Waals surface area contributed by atoms with E-state index in [1.807, 2.05) is 61.0 Å². The zero-order valence-corrected chi connectivity index (χ0v) is 15.9. The van der Waals surface area contributed by atoms with Crippen molar-refractivity contribution in [1.29, 1.82) is 0 Å². The number of aromatic nitrogens is 4. The molecule has 1 amide bonds. The highest BCUT2D eigenvalue weighted by Gasteiger charge is 2.16. The second-order valence-electron chi connectivity index (χ2n) is 6.49. The summed E-state index contributed by atoms with van der Waals surface area (Å²) in [6, 6.07) is 15.4. The lowest BCUT2D eigenvalue weighted by Crippen LogP contribution is -2.17. The van der Waals surface area contributed by atoms with Gasteiger partial charge in [-0.3, -0.25) is 4.79 Å². The van der Waals surface area contributed by atoms with E-state index in [1.165, 1.54) is 6.33 Å². The summed E-state index contributed by atoms with van der Waals surface area (Å²) in [7, 11) is 1.62. The predicted octanol–water partition coefficient (Wildman–Crippen LogP) is 3.54. The highest BCUT2D eigenvalue weighted by Crippen LogP contribution is 2.29. The van der Waals surface area contributed by atoms with E-state index in [9.17, 15) is 4.79 Å². The first-order chi connectivity index (χ1) is 13.6. The Hall–Kier alpha value is -3.74. The van der Waals surface area contributed by atoms with Crippen LogP contribution < -0.4 is 10.6 Å². The Balaban J connectivity index is 1.81. The summed E-state index contributed by atoms with van der Waals surface area (Å²) in [5, 5.41) is 11.5. The van der Waals surface area contributed by atoms with Gasteiger partial charge in [-0.1, -0.05) is 24.3 Å². The van der Waals surface area contributed by atoms with Gasteiger partial charge in [-0.15, -0.1) is 0 Å². The monoisotopic (exact) mass is 372 g/mol. The van der Waals surface area contributed by atoms with Gasteiger partial charge in [0.25, 0.3) is 5.91 Å². The molecule has 0 saturated carbocycles. The number of nitrogens with one attached hydrogen (secondary N) is 2. The molecule has 0 atom stereocenters. The van der Waals surface area contributed by atoms with Gasteiger partial charge in [0.2, 0.25) is 0 Å². The molecule has 4 aromatic rings. The summed E-state index contributed by atoms with van der Waals surface area (Å²) in [6.45, 7) is 3.92. The van der Waals surface area contributed by atoms with Crippen LogP contribution in [0.3, 0.4) is 0 Å². The van der Waals surface area contributed by atoms with Crippen LogP contribution in [0.5, 0.6) is 0 Å². The van der Waals surface area contributed by atoms with Gasteiger partial charge in [-0.25, -0.2) is 14.6 Å². The fourth-order valence-corrected chi connectivity index (χ4v) is 3.13. The van der Waals surface area contributed by atoms with Crippen molar-refractivity contribution < 1.29 is 4.79 Å². The van der Waals surface area contributed by atoms with E-state index in [0.717, 1.165) is 33.7 Å². The number of carbonyl (C=O) groups excluding carboxylic acids is 1. The Morgan fingerprint density at radius 2 is 1.82 bits per heavy atom. The van der Waals surface area contributed by atoms with E-state index < -0.39 is 0 Å². The number of carbonyl (C=O) groups is 1. The number of rotatable bonds is 4. The van der Waals surface area contributed by atoms with Crippen LogP contribution in [0.2, 0.25) is 0 Å². The van der Waals surface area contributed by atoms with Crippen LogP contribution in [0.1, 0.15) is 21.6 Å². The molecule has 0 aliphatic heterocycles. The van der Waals surface area contributed by atoms with Crippen molar-refractivity contribution in [3.05, 3.63) is 71.7 Å². The van der Waals surface area contributed by atoms with Crippen molar-refractivity contribution in [2.75, 3.05) is 12.4 Å². The molecule has 7 nitrogen and oxygen atoms in total. The first-order valence-corrected chi connectivity index (χ1v) is 8.94. The first-order valence-electron chi connectivity index (χ1n) is 8.94. The van der Waals surface area contributed by atoms with Crippen LogP contribution in [0.4, 0.5) is 11.5 Å². The number of hydrogen-bond acceptors (Lipinski definition) is 5. The maximum Gasteiger partial charge on any atom is 0.251 e. The minimum absolute atomic E-state index is 0.135. The quantitative estimate of drug-likeness (QED) is 0.572. The number of hydrogen-bond donors (Lipinski definition) is 2. The smallest absolute Gasteiger partial charge is 0.251 e. The lowest BCUT2D eigenvalue weighted by atomic mass is 10.1. The van der Waals surface area contributed by atoms with Gasteiger partial charge in [0.1, 0.15) is 12.1 Å². The van der Waals surface area contributed by atoms with Gasteiger partial charge in [0.15, 0.2) is 5.65 Å². The number of amides is 1. The molecule has 0 unspecified atom stereocenters. The summed E-state index contributed by atoms with van der Waals surface area (Å²) in [6.07, 6.45) is 1.52. The Labute approximate surface area is 162 Å². The van der Waals surface area contributed by atoms with Gasteiger partial charge in [0.05, 0.1) is 16.8 Å². The summed E-state index contributed by atoms with van der Waals surface area (Å²) in [5.41, 5.74) is 4.88. The fourth-order valence-electron chi connectivity index (χ4n) is 3.13. The molecular formula is C21H20N6O. The molecule has 0 spiro atoms. The summed E-state index contributed by atoms with van der Waals surface area (Å²) < 4.78 is 1.81. The number of benzene rings is 2. The third kappa shape index (κ3) is 3.07. The molecule has 0 fully saturated rings. The predicted molar refractivity (Wildman–Crippen MR) is 109 cm³/mol. The van der Waals surface area contributed by atoms with Gasteiger partial charge < -0.3 is 10.6 Å². The van der Waals surface area contributed by atoms with Crippen LogP contribution >= 0.6 is 0 Å². The number of aryl methyl sites for hydroxylation is 2. The van der Waals surface area contributed by atoms with Crippen LogP contribution in [0.15, 0.2) is 54.9 Å². The second kappa shape index (κ2) is 7.11. The van der Waals surface area contributed by atoms with E-state index in [-0.39, 0.29) is 5.91 Å². The van der Waals surface area contributed by atoms with E-state index in [4.69, 9.17) is 0 Å². The topological polar surface area (TPSA) is 84.7 Å². The summed E-state index contributed by atoms with van der Waals surface area (Å²) in [5.74, 6) is 0.519. The van der Waals surface area contributed by atoms with Crippen molar-refractivity contribution >= 4 is 28.4 Å². The Morgan fingerprint density at radius 1 is 1.04 bits per heavy atom. The Kier molecular flexibility index (Phi) is 4.49. The third-order valence-corrected chi connectivity index (χ3v) is 4.62. The van der Waals surface area contributed by atoms with Gasteiger partial charge >= 0.3 is 0 Å². The lowest BCUT2D eigenvalue weighted by molar-refractivity contribution is 0.0963. The van der Waals surface area contributed by atoms with E-state index in [2.05, 4.69) is 25.7 Å². The van der Waals surface area contributed by atoms with Crippen molar-refractivity contribution in [2.45, 2.75) is 13.8 Å². The zero-order chi connectivity index (χ0) is 19.7. The Morgan fingerprint density at radius 3 is 2.57 bits per heavy atom.